The highest BCUT2D eigenvalue weighted by Crippen LogP contribution is 2.60. The van der Waals surface area contributed by atoms with Gasteiger partial charge in [-0.05, 0) is 68.3 Å². The van der Waals surface area contributed by atoms with Crippen LogP contribution >= 0.6 is 12.4 Å². The number of rotatable bonds is 2. The predicted octanol–water partition coefficient (Wildman–Crippen LogP) is 4.19. The molecule has 5 fully saturated rings. The van der Waals surface area contributed by atoms with Crippen LogP contribution in [0.1, 0.15) is 56.6 Å². The van der Waals surface area contributed by atoms with Crippen LogP contribution in [0.4, 0.5) is 0 Å². The number of amides is 1. The summed E-state index contributed by atoms with van der Waals surface area (Å²) in [6.45, 7) is 2.70. The van der Waals surface area contributed by atoms with Crippen LogP contribution in [0.25, 0.3) is 0 Å². The molecule has 4 heteroatoms. The molecule has 4 aliphatic carbocycles. The Labute approximate surface area is 163 Å². The van der Waals surface area contributed by atoms with Gasteiger partial charge in [0.15, 0.2) is 0 Å². The topological polar surface area (TPSA) is 32.3 Å². The highest BCUT2D eigenvalue weighted by atomic mass is 35.5. The monoisotopic (exact) mass is 374 g/mol. The summed E-state index contributed by atoms with van der Waals surface area (Å²) in [4.78, 5) is 15.8. The number of hydrogen-bond donors (Lipinski definition) is 1. The third kappa shape index (κ3) is 3.18. The van der Waals surface area contributed by atoms with Crippen LogP contribution in [0, 0.1) is 23.2 Å². The lowest BCUT2D eigenvalue weighted by molar-refractivity contribution is -0.157. The largest absolute Gasteiger partial charge is 0.341 e. The molecule has 142 valence electrons. The maximum atomic E-state index is 13.5. The van der Waals surface area contributed by atoms with E-state index in [1.807, 2.05) is 0 Å². The molecule has 1 heterocycles. The van der Waals surface area contributed by atoms with Gasteiger partial charge >= 0.3 is 0 Å². The Hall–Kier alpha value is -1.06. The van der Waals surface area contributed by atoms with Crippen molar-refractivity contribution in [2.75, 3.05) is 19.6 Å². The number of nitrogens with one attached hydrogen (secondary N) is 1. The molecular formula is C22H31ClN2O. The molecular weight excluding hydrogens is 344 g/mol. The molecule has 1 aromatic carbocycles. The van der Waals surface area contributed by atoms with E-state index >= 15 is 0 Å². The standard InChI is InChI=1S/C22H30N2O.ClH/c25-21(22-13-16-10-17(14-22)12-18(11-16)15-22)24-8-6-20(23-7-9-24)19-4-2-1-3-5-19;/h1-5,16-18,20,23H,6-15H2;1H. The molecule has 1 amide bonds. The minimum Gasteiger partial charge on any atom is -0.341 e. The van der Waals surface area contributed by atoms with Crippen LogP contribution in [-0.4, -0.2) is 30.4 Å². The van der Waals surface area contributed by atoms with Gasteiger partial charge in [0.05, 0.1) is 5.41 Å². The Balaban J connectivity index is 0.00000168. The van der Waals surface area contributed by atoms with Crippen LogP contribution in [0.5, 0.6) is 0 Å². The fraction of sp³-hybridized carbons (Fsp3) is 0.682. The van der Waals surface area contributed by atoms with E-state index in [1.54, 1.807) is 0 Å². The molecule has 4 saturated carbocycles. The first-order valence-electron chi connectivity index (χ1n) is 10.3. The van der Waals surface area contributed by atoms with Gasteiger partial charge in [0.1, 0.15) is 0 Å². The maximum Gasteiger partial charge on any atom is 0.228 e. The molecule has 5 aliphatic rings. The van der Waals surface area contributed by atoms with Crippen LogP contribution in [0.3, 0.4) is 0 Å². The van der Waals surface area contributed by atoms with Crippen molar-refractivity contribution in [2.45, 2.75) is 51.0 Å². The van der Waals surface area contributed by atoms with Gasteiger partial charge in [-0.2, -0.15) is 0 Å². The minimum absolute atomic E-state index is 0. The molecule has 26 heavy (non-hydrogen) atoms. The molecule has 1 unspecified atom stereocenters. The van der Waals surface area contributed by atoms with Crippen molar-refractivity contribution < 1.29 is 4.79 Å². The fourth-order valence-electron chi connectivity index (χ4n) is 6.75. The van der Waals surface area contributed by atoms with E-state index in [0.29, 0.717) is 11.9 Å². The second-order valence-electron chi connectivity index (χ2n) is 9.20. The van der Waals surface area contributed by atoms with Crippen molar-refractivity contribution in [3.63, 3.8) is 0 Å². The van der Waals surface area contributed by atoms with Crippen LogP contribution in [0.2, 0.25) is 0 Å². The Bertz CT molecular complexity index is 612. The first kappa shape index (κ1) is 18.3. The number of carbonyl (C=O) groups is 1. The van der Waals surface area contributed by atoms with E-state index in [1.165, 1.54) is 44.1 Å². The molecule has 0 aromatic heterocycles. The van der Waals surface area contributed by atoms with Gasteiger partial charge in [-0.3, -0.25) is 4.79 Å². The van der Waals surface area contributed by atoms with Crippen molar-refractivity contribution in [1.82, 2.24) is 10.2 Å². The SMILES string of the molecule is Cl.O=C(N1CCNC(c2ccccc2)CC1)C12CC3CC(CC(C3)C1)C2. The molecule has 1 N–H and O–H groups in total. The summed E-state index contributed by atoms with van der Waals surface area (Å²) in [5, 5.41) is 3.66. The number of benzene rings is 1. The Kier molecular flexibility index (Phi) is 5.04. The summed E-state index contributed by atoms with van der Waals surface area (Å²) in [7, 11) is 0. The summed E-state index contributed by atoms with van der Waals surface area (Å²) >= 11 is 0. The predicted molar refractivity (Wildman–Crippen MR) is 106 cm³/mol. The third-order valence-electron chi connectivity index (χ3n) is 7.44. The van der Waals surface area contributed by atoms with E-state index in [-0.39, 0.29) is 17.8 Å². The lowest BCUT2D eigenvalue weighted by Gasteiger charge is -2.56. The fourth-order valence-corrected chi connectivity index (χ4v) is 6.75. The quantitative estimate of drug-likeness (QED) is 0.841. The summed E-state index contributed by atoms with van der Waals surface area (Å²) in [5.74, 6) is 3.04. The van der Waals surface area contributed by atoms with Gasteiger partial charge in [0, 0.05) is 25.7 Å². The van der Waals surface area contributed by atoms with Gasteiger partial charge in [0.25, 0.3) is 0 Å². The lowest BCUT2D eigenvalue weighted by atomic mass is 9.49. The maximum absolute atomic E-state index is 13.5. The molecule has 0 spiro atoms. The molecule has 1 atom stereocenters. The van der Waals surface area contributed by atoms with E-state index < -0.39 is 0 Å². The smallest absolute Gasteiger partial charge is 0.228 e. The van der Waals surface area contributed by atoms with Crippen LogP contribution in [-0.2, 0) is 4.79 Å². The first-order chi connectivity index (χ1) is 12.2. The summed E-state index contributed by atoms with van der Waals surface area (Å²) in [5.41, 5.74) is 1.37. The average Bonchev–Trinajstić information content (AvgIpc) is 2.87. The van der Waals surface area contributed by atoms with Crippen LogP contribution in [0.15, 0.2) is 30.3 Å². The average molecular weight is 375 g/mol. The second kappa shape index (κ2) is 7.16. The summed E-state index contributed by atoms with van der Waals surface area (Å²) in [6.07, 6.45) is 8.80. The van der Waals surface area contributed by atoms with Crippen molar-refractivity contribution in [1.29, 1.82) is 0 Å². The van der Waals surface area contributed by atoms with Crippen molar-refractivity contribution in [3.8, 4) is 0 Å². The van der Waals surface area contributed by atoms with E-state index in [9.17, 15) is 4.79 Å². The van der Waals surface area contributed by atoms with Gasteiger partial charge in [0.2, 0.25) is 5.91 Å². The zero-order chi connectivity index (χ0) is 16.9. The molecule has 0 radical (unpaired) electrons. The third-order valence-corrected chi connectivity index (χ3v) is 7.44. The van der Waals surface area contributed by atoms with Gasteiger partial charge in [-0.25, -0.2) is 0 Å². The van der Waals surface area contributed by atoms with E-state index in [4.69, 9.17) is 0 Å². The number of carbonyl (C=O) groups excluding carboxylic acids is 1. The van der Waals surface area contributed by atoms with Gasteiger partial charge < -0.3 is 10.2 Å². The Morgan fingerprint density at radius 3 is 2.19 bits per heavy atom. The molecule has 1 aliphatic heterocycles. The number of halogens is 1. The van der Waals surface area contributed by atoms with Gasteiger partial charge in [-0.1, -0.05) is 30.3 Å². The highest BCUT2D eigenvalue weighted by molar-refractivity contribution is 5.85. The van der Waals surface area contributed by atoms with Gasteiger partial charge in [-0.15, -0.1) is 12.4 Å². The number of hydrogen-bond acceptors (Lipinski definition) is 2. The lowest BCUT2D eigenvalue weighted by Crippen LogP contribution is -2.55. The molecule has 4 bridgehead atoms. The first-order valence-corrected chi connectivity index (χ1v) is 10.3. The summed E-state index contributed by atoms with van der Waals surface area (Å²) < 4.78 is 0. The summed E-state index contributed by atoms with van der Waals surface area (Å²) in [6, 6.07) is 11.1. The highest BCUT2D eigenvalue weighted by Gasteiger charge is 2.55. The minimum atomic E-state index is 0. The van der Waals surface area contributed by atoms with E-state index in [2.05, 4.69) is 40.5 Å². The normalized spacial score (nSPS) is 38.5. The van der Waals surface area contributed by atoms with E-state index in [0.717, 1.165) is 43.8 Å². The molecule has 6 rings (SSSR count). The Morgan fingerprint density at radius 2 is 1.58 bits per heavy atom. The zero-order valence-electron chi connectivity index (χ0n) is 15.5. The number of nitrogens with zero attached hydrogens (tertiary/aromatic N) is 1. The Morgan fingerprint density at radius 1 is 0.962 bits per heavy atom. The molecule has 1 saturated heterocycles. The van der Waals surface area contributed by atoms with Crippen LogP contribution < -0.4 is 5.32 Å². The zero-order valence-corrected chi connectivity index (χ0v) is 16.3. The van der Waals surface area contributed by atoms with Crippen molar-refractivity contribution in [3.05, 3.63) is 35.9 Å². The molecule has 1 aromatic rings. The van der Waals surface area contributed by atoms with Crippen molar-refractivity contribution >= 4 is 18.3 Å². The molecule has 3 nitrogen and oxygen atoms in total. The van der Waals surface area contributed by atoms with Crippen molar-refractivity contribution in [2.24, 2.45) is 23.2 Å². The second-order valence-corrected chi connectivity index (χ2v) is 9.20.